The largest absolute Gasteiger partial charge is 0.394 e. The minimum Gasteiger partial charge on any atom is -0.394 e. The molecule has 0 heterocycles. The van der Waals surface area contributed by atoms with Gasteiger partial charge < -0.3 is 15.5 Å². The third-order valence-electron chi connectivity index (χ3n) is 8.60. The average Bonchev–Trinajstić information content (AvgIpc) is 3.18. The molecular weight excluding hydrogens is 663 g/mol. The number of nitrogens with one attached hydrogen (secondary N) is 1. The maximum absolute atomic E-state index is 12.3. The van der Waals surface area contributed by atoms with Gasteiger partial charge in [0.05, 0.1) is 18.8 Å². The Morgan fingerprint density at radius 1 is 0.463 bits per heavy atom. The number of carbonyl (C=O) groups is 1. The van der Waals surface area contributed by atoms with Crippen molar-refractivity contribution in [2.24, 2.45) is 0 Å². The maximum Gasteiger partial charge on any atom is 0.220 e. The fourth-order valence-corrected chi connectivity index (χ4v) is 5.37. The molecule has 0 fully saturated rings. The van der Waals surface area contributed by atoms with E-state index >= 15 is 0 Å². The monoisotopic (exact) mass is 742 g/mol. The van der Waals surface area contributed by atoms with Gasteiger partial charge in [0, 0.05) is 6.42 Å². The third-order valence-corrected chi connectivity index (χ3v) is 8.60. The van der Waals surface area contributed by atoms with Crippen LogP contribution in [0.5, 0.6) is 0 Å². The number of amides is 1. The Morgan fingerprint density at radius 2 is 0.833 bits per heavy atom. The van der Waals surface area contributed by atoms with Crippen LogP contribution in [0.3, 0.4) is 0 Å². The standard InChI is InChI=1S/C50H79NO3/c1-3-5-7-9-11-12-13-14-15-16-17-18-19-20-21-22-23-24-25-26-27-28-29-30-31-32-33-34-35-36-37-38-40-42-44-46-50(54)51-48(47-52)49(53)45-43-41-39-10-8-6-4-2/h5,7-8,10-12,14-15,17-18,20-21,23-24,26-27,29-30,32-33,43,45,48-49,52-53H,3-4,6,9,13,16,19,22,25,28,31,34-42,44,46-47H2,1-2H3,(H,51,54)/b7-5-,10-8+,12-11-,15-14-,18-17-,21-20-,24-23-,27-26-,30-29-,33-32-,45-43+. The van der Waals surface area contributed by atoms with Crippen LogP contribution in [-0.2, 0) is 4.79 Å². The highest BCUT2D eigenvalue weighted by atomic mass is 16.3. The lowest BCUT2D eigenvalue weighted by Crippen LogP contribution is -2.45. The molecule has 0 bridgehead atoms. The molecule has 0 rings (SSSR count). The van der Waals surface area contributed by atoms with Crippen LogP contribution >= 0.6 is 0 Å². The Balaban J connectivity index is 3.67. The summed E-state index contributed by atoms with van der Waals surface area (Å²) in [5.74, 6) is -0.0982. The van der Waals surface area contributed by atoms with Crippen LogP contribution in [0.25, 0.3) is 0 Å². The second-order valence-corrected chi connectivity index (χ2v) is 13.7. The lowest BCUT2D eigenvalue weighted by molar-refractivity contribution is -0.123. The van der Waals surface area contributed by atoms with Crippen molar-refractivity contribution in [2.45, 2.75) is 167 Å². The SMILES string of the molecule is CC/C=C\C/C=C\C/C=C\C/C=C\C/C=C\C/C=C\C/C=C\C/C=C\C/C=C\CCCCCCCCCC(=O)NC(CO)C(O)/C=C/CC/C=C/CCC. The number of allylic oxidation sites excluding steroid dienone is 21. The summed E-state index contributed by atoms with van der Waals surface area (Å²) in [6, 6.07) is -0.651. The molecule has 0 aliphatic rings. The van der Waals surface area contributed by atoms with Crippen LogP contribution in [0.2, 0.25) is 0 Å². The van der Waals surface area contributed by atoms with E-state index in [0.29, 0.717) is 6.42 Å². The summed E-state index contributed by atoms with van der Waals surface area (Å²) in [6.45, 7) is 4.04. The summed E-state index contributed by atoms with van der Waals surface area (Å²) >= 11 is 0. The molecule has 2 atom stereocenters. The Labute approximate surface area is 332 Å². The zero-order valence-corrected chi connectivity index (χ0v) is 34.4. The second-order valence-electron chi connectivity index (χ2n) is 13.7. The fourth-order valence-electron chi connectivity index (χ4n) is 5.37. The fraction of sp³-hybridized carbons (Fsp3) is 0.540. The summed E-state index contributed by atoms with van der Waals surface area (Å²) in [5, 5.41) is 22.7. The normalized spacial score (nSPS) is 14.4. The van der Waals surface area contributed by atoms with Crippen molar-refractivity contribution in [3.63, 3.8) is 0 Å². The molecule has 0 saturated carbocycles. The number of hydrogen-bond donors (Lipinski definition) is 3. The minimum absolute atomic E-state index is 0.0982. The highest BCUT2D eigenvalue weighted by Gasteiger charge is 2.17. The minimum atomic E-state index is -0.872. The molecule has 0 saturated heterocycles. The van der Waals surface area contributed by atoms with E-state index in [-0.39, 0.29) is 12.5 Å². The molecule has 0 aromatic heterocycles. The first kappa shape index (κ1) is 50.5. The quantitative estimate of drug-likeness (QED) is 0.0442. The summed E-state index contributed by atoms with van der Waals surface area (Å²) in [7, 11) is 0. The van der Waals surface area contributed by atoms with E-state index in [1.54, 1.807) is 6.08 Å². The van der Waals surface area contributed by atoms with Gasteiger partial charge in [0.1, 0.15) is 0 Å². The van der Waals surface area contributed by atoms with E-state index < -0.39 is 12.1 Å². The number of unbranched alkanes of at least 4 members (excludes halogenated alkanes) is 9. The summed E-state index contributed by atoms with van der Waals surface area (Å²) in [4.78, 5) is 12.3. The van der Waals surface area contributed by atoms with Gasteiger partial charge in [-0.25, -0.2) is 0 Å². The average molecular weight is 742 g/mol. The molecule has 0 aromatic rings. The highest BCUT2D eigenvalue weighted by molar-refractivity contribution is 5.76. The van der Waals surface area contributed by atoms with Crippen molar-refractivity contribution in [3.05, 3.63) is 134 Å². The molecule has 302 valence electrons. The number of aliphatic hydroxyl groups excluding tert-OH is 2. The van der Waals surface area contributed by atoms with Crippen molar-refractivity contribution in [2.75, 3.05) is 6.61 Å². The topological polar surface area (TPSA) is 69.6 Å². The predicted molar refractivity (Wildman–Crippen MR) is 238 cm³/mol. The van der Waals surface area contributed by atoms with E-state index in [0.717, 1.165) is 109 Å². The lowest BCUT2D eigenvalue weighted by atomic mass is 10.1. The van der Waals surface area contributed by atoms with Crippen LogP contribution in [0.4, 0.5) is 0 Å². The molecule has 54 heavy (non-hydrogen) atoms. The van der Waals surface area contributed by atoms with Gasteiger partial charge in [-0.1, -0.05) is 186 Å². The van der Waals surface area contributed by atoms with Crippen LogP contribution < -0.4 is 5.32 Å². The van der Waals surface area contributed by atoms with E-state index in [9.17, 15) is 15.0 Å². The maximum atomic E-state index is 12.3. The van der Waals surface area contributed by atoms with E-state index in [1.807, 2.05) is 6.08 Å². The Morgan fingerprint density at radius 3 is 1.28 bits per heavy atom. The molecule has 3 N–H and O–H groups in total. The van der Waals surface area contributed by atoms with Gasteiger partial charge in [0.15, 0.2) is 0 Å². The molecular formula is C50H79NO3. The Kier molecular flexibility index (Phi) is 41.1. The first-order valence-electron chi connectivity index (χ1n) is 21.4. The van der Waals surface area contributed by atoms with Gasteiger partial charge in [-0.05, 0) is 96.3 Å². The van der Waals surface area contributed by atoms with Crippen molar-refractivity contribution in [1.29, 1.82) is 0 Å². The Hall–Kier alpha value is -3.47. The number of carbonyl (C=O) groups excluding carboxylic acids is 1. The van der Waals surface area contributed by atoms with Crippen molar-refractivity contribution < 1.29 is 15.0 Å². The molecule has 4 nitrogen and oxygen atoms in total. The van der Waals surface area contributed by atoms with Gasteiger partial charge >= 0.3 is 0 Å². The van der Waals surface area contributed by atoms with Crippen molar-refractivity contribution in [1.82, 2.24) is 5.32 Å². The van der Waals surface area contributed by atoms with Gasteiger partial charge in [-0.2, -0.15) is 0 Å². The van der Waals surface area contributed by atoms with Crippen LogP contribution in [0.15, 0.2) is 134 Å². The number of rotatable bonds is 36. The molecule has 4 heteroatoms. The molecule has 0 aromatic carbocycles. The van der Waals surface area contributed by atoms with Gasteiger partial charge in [-0.3, -0.25) is 4.79 Å². The molecule has 0 spiro atoms. The zero-order chi connectivity index (χ0) is 39.3. The Bertz CT molecular complexity index is 1160. The molecule has 0 aliphatic heterocycles. The predicted octanol–water partition coefficient (Wildman–Crippen LogP) is 13.6. The van der Waals surface area contributed by atoms with E-state index in [1.165, 1.54) is 25.7 Å². The van der Waals surface area contributed by atoms with E-state index in [4.69, 9.17) is 0 Å². The molecule has 0 aliphatic carbocycles. The summed E-state index contributed by atoms with van der Waals surface area (Å²) in [6.07, 6.45) is 70.1. The zero-order valence-electron chi connectivity index (χ0n) is 34.4. The van der Waals surface area contributed by atoms with Crippen LogP contribution in [0.1, 0.15) is 155 Å². The number of aliphatic hydroxyl groups is 2. The molecule has 1 amide bonds. The van der Waals surface area contributed by atoms with Gasteiger partial charge in [-0.15, -0.1) is 0 Å². The highest BCUT2D eigenvalue weighted by Crippen LogP contribution is 2.11. The van der Waals surface area contributed by atoms with Gasteiger partial charge in [0.25, 0.3) is 0 Å². The number of hydrogen-bond acceptors (Lipinski definition) is 3. The van der Waals surface area contributed by atoms with Gasteiger partial charge in [0.2, 0.25) is 5.91 Å². The third kappa shape index (κ3) is 39.7. The first-order chi connectivity index (χ1) is 26.7. The lowest BCUT2D eigenvalue weighted by Gasteiger charge is -2.19. The van der Waals surface area contributed by atoms with E-state index in [2.05, 4.69) is 141 Å². The second kappa shape index (κ2) is 43.9. The summed E-state index contributed by atoms with van der Waals surface area (Å²) in [5.41, 5.74) is 0. The van der Waals surface area contributed by atoms with Crippen LogP contribution in [-0.4, -0.2) is 34.9 Å². The molecule has 2 unspecified atom stereocenters. The first-order valence-corrected chi connectivity index (χ1v) is 21.4. The summed E-state index contributed by atoms with van der Waals surface area (Å²) < 4.78 is 0. The molecule has 0 radical (unpaired) electrons. The smallest absolute Gasteiger partial charge is 0.220 e. The van der Waals surface area contributed by atoms with Crippen LogP contribution in [0, 0.1) is 0 Å². The van der Waals surface area contributed by atoms with Crippen molar-refractivity contribution in [3.8, 4) is 0 Å². The van der Waals surface area contributed by atoms with Crippen molar-refractivity contribution >= 4 is 5.91 Å².